The van der Waals surface area contributed by atoms with Crippen LogP contribution in [0.2, 0.25) is 0 Å². The number of nitrogens with one attached hydrogen (secondary N) is 1. The number of methoxy groups -OCH3 is 1. The molecule has 0 spiro atoms. The van der Waals surface area contributed by atoms with Crippen LogP contribution in [0.3, 0.4) is 0 Å². The number of benzene rings is 1. The van der Waals surface area contributed by atoms with E-state index in [-0.39, 0.29) is 29.0 Å². The third kappa shape index (κ3) is 4.75. The van der Waals surface area contributed by atoms with Gasteiger partial charge in [-0.05, 0) is 75.5 Å². The zero-order chi connectivity index (χ0) is 24.7. The summed E-state index contributed by atoms with van der Waals surface area (Å²) >= 11 is 0. The number of aromatic nitrogens is 2. The lowest BCUT2D eigenvalue weighted by Crippen LogP contribution is -2.54. The molecule has 3 aliphatic rings. The molecule has 1 aromatic heterocycles. The topological polar surface area (TPSA) is 87.6 Å². The molecule has 1 saturated heterocycles. The number of carbonyl (C=O) groups is 1. The molecule has 2 saturated carbocycles. The van der Waals surface area contributed by atoms with Crippen molar-refractivity contribution in [2.45, 2.75) is 58.0 Å². The summed E-state index contributed by atoms with van der Waals surface area (Å²) in [4.78, 5) is 46.2. The van der Waals surface area contributed by atoms with Gasteiger partial charge in [0.05, 0.1) is 18.0 Å². The minimum atomic E-state index is -0.384. The first-order valence-electron chi connectivity index (χ1n) is 12.9. The van der Waals surface area contributed by atoms with Crippen LogP contribution in [0.15, 0.2) is 40.1 Å². The molecule has 2 heterocycles. The van der Waals surface area contributed by atoms with Crippen molar-refractivity contribution in [2.24, 2.45) is 17.8 Å². The first kappa shape index (κ1) is 23.7. The lowest BCUT2D eigenvalue weighted by molar-refractivity contribution is -0.139. The quantitative estimate of drug-likeness (QED) is 0.687. The van der Waals surface area contributed by atoms with Gasteiger partial charge in [-0.3, -0.25) is 14.2 Å². The van der Waals surface area contributed by atoms with Crippen molar-refractivity contribution in [2.75, 3.05) is 26.7 Å². The second-order valence-corrected chi connectivity index (χ2v) is 10.6. The predicted octanol–water partition coefficient (Wildman–Crippen LogP) is 2.96. The fraction of sp³-hybridized carbons (Fsp3) is 0.593. The monoisotopic (exact) mass is 480 g/mol. The van der Waals surface area contributed by atoms with Gasteiger partial charge in [-0.25, -0.2) is 4.79 Å². The number of ether oxygens (including phenoxy) is 1. The molecule has 8 heteroatoms. The summed E-state index contributed by atoms with van der Waals surface area (Å²) < 4.78 is 6.54. The van der Waals surface area contributed by atoms with E-state index in [4.69, 9.17) is 4.74 Å². The number of allylic oxidation sites excluding steroid dienone is 1. The predicted molar refractivity (Wildman–Crippen MR) is 135 cm³/mol. The van der Waals surface area contributed by atoms with E-state index in [1.54, 1.807) is 25.3 Å². The zero-order valence-corrected chi connectivity index (χ0v) is 20.8. The Kier molecular flexibility index (Phi) is 6.47. The van der Waals surface area contributed by atoms with Gasteiger partial charge < -0.3 is 19.5 Å². The highest BCUT2D eigenvalue weighted by Gasteiger charge is 2.36. The molecule has 1 atom stereocenters. The average molecular weight is 481 g/mol. The third-order valence-electron chi connectivity index (χ3n) is 8.18. The first-order chi connectivity index (χ1) is 16.9. The van der Waals surface area contributed by atoms with Crippen LogP contribution in [-0.2, 0) is 11.3 Å². The van der Waals surface area contributed by atoms with Crippen molar-refractivity contribution < 1.29 is 9.53 Å². The zero-order valence-electron chi connectivity index (χ0n) is 20.8. The van der Waals surface area contributed by atoms with Crippen LogP contribution in [0.25, 0.3) is 10.9 Å². The van der Waals surface area contributed by atoms with Gasteiger partial charge in [0.15, 0.2) is 0 Å². The Morgan fingerprint density at radius 1 is 1.09 bits per heavy atom. The molecule has 5 rings (SSSR count). The molecule has 2 aromatic rings. The summed E-state index contributed by atoms with van der Waals surface area (Å²) in [6, 6.07) is 5.40. The van der Waals surface area contributed by atoms with Gasteiger partial charge in [0.2, 0.25) is 5.91 Å². The van der Waals surface area contributed by atoms with Crippen molar-refractivity contribution in [3.63, 3.8) is 0 Å². The fourth-order valence-electron chi connectivity index (χ4n) is 5.87. The molecule has 1 aliphatic heterocycles. The highest BCUT2D eigenvalue weighted by Crippen LogP contribution is 2.39. The molecule has 0 unspecified atom stereocenters. The van der Waals surface area contributed by atoms with Crippen molar-refractivity contribution in [3.05, 3.63) is 51.3 Å². The molecule has 1 aromatic carbocycles. The van der Waals surface area contributed by atoms with Gasteiger partial charge in [-0.2, -0.15) is 0 Å². The largest absolute Gasteiger partial charge is 0.497 e. The Labute approximate surface area is 205 Å². The van der Waals surface area contributed by atoms with E-state index in [1.807, 2.05) is 4.90 Å². The lowest BCUT2D eigenvalue weighted by atomic mass is 9.81. The van der Waals surface area contributed by atoms with Crippen LogP contribution in [0.5, 0.6) is 5.75 Å². The van der Waals surface area contributed by atoms with Gasteiger partial charge in [0.1, 0.15) is 5.75 Å². The Balaban J connectivity index is 1.19. The van der Waals surface area contributed by atoms with Gasteiger partial charge in [-0.1, -0.05) is 6.58 Å². The molecule has 188 valence electrons. The van der Waals surface area contributed by atoms with Gasteiger partial charge in [-0.15, -0.1) is 0 Å². The molecular formula is C27H36N4O4. The maximum Gasteiger partial charge on any atom is 0.328 e. The van der Waals surface area contributed by atoms with E-state index in [1.165, 1.54) is 23.1 Å². The molecule has 0 radical (unpaired) electrons. The van der Waals surface area contributed by atoms with Crippen molar-refractivity contribution in [1.29, 1.82) is 0 Å². The summed E-state index contributed by atoms with van der Waals surface area (Å²) in [6.45, 7) is 9.26. The summed E-state index contributed by atoms with van der Waals surface area (Å²) in [5, 5.41) is 0.449. The van der Waals surface area contributed by atoms with E-state index in [2.05, 4.69) is 23.4 Å². The molecule has 1 amide bonds. The maximum absolute atomic E-state index is 13.3. The third-order valence-corrected chi connectivity index (χ3v) is 8.18. The van der Waals surface area contributed by atoms with Crippen molar-refractivity contribution in [3.8, 4) is 5.75 Å². The first-order valence-corrected chi connectivity index (χ1v) is 12.9. The summed E-state index contributed by atoms with van der Waals surface area (Å²) in [6.07, 6.45) is 5.79. The second kappa shape index (κ2) is 9.55. The number of hydrogen-bond acceptors (Lipinski definition) is 5. The average Bonchev–Trinajstić information content (AvgIpc) is 3.71. The smallest absolute Gasteiger partial charge is 0.328 e. The summed E-state index contributed by atoms with van der Waals surface area (Å²) in [5.74, 6) is 1.74. The van der Waals surface area contributed by atoms with Gasteiger partial charge in [0, 0.05) is 43.8 Å². The normalized spacial score (nSPS) is 25.0. The van der Waals surface area contributed by atoms with E-state index >= 15 is 0 Å². The number of aromatic amines is 1. The molecule has 8 nitrogen and oxygen atoms in total. The van der Waals surface area contributed by atoms with Crippen LogP contribution in [0, 0.1) is 17.8 Å². The number of hydrogen-bond donors (Lipinski definition) is 1. The molecule has 3 fully saturated rings. The summed E-state index contributed by atoms with van der Waals surface area (Å²) in [5.41, 5.74) is 1.09. The number of amides is 1. The van der Waals surface area contributed by atoms with E-state index < -0.39 is 0 Å². The standard InChI is InChI=1S/C27H36N4O4/c1-17-15-29(12-13-30(17)18(2)20-8-9-20)25(32)21-6-4-19(5-7-21)16-31-26(33)23-14-22(35-3)10-11-24(23)28-27(31)34/h10-11,14,17,19-21H,2,4-9,12-13,15-16H2,1,3H3,(H,28,34)/t17-,19?,21?/m1/s1. The van der Waals surface area contributed by atoms with Crippen LogP contribution < -0.4 is 16.0 Å². The van der Waals surface area contributed by atoms with Crippen LogP contribution >= 0.6 is 0 Å². The number of rotatable bonds is 6. The Bertz CT molecular complexity index is 1240. The molecular weight excluding hydrogens is 444 g/mol. The minimum Gasteiger partial charge on any atom is -0.497 e. The number of H-pyrrole nitrogens is 1. The highest BCUT2D eigenvalue weighted by molar-refractivity contribution is 5.79. The second-order valence-electron chi connectivity index (χ2n) is 10.6. The van der Waals surface area contributed by atoms with E-state index in [0.717, 1.165) is 45.3 Å². The van der Waals surface area contributed by atoms with E-state index in [0.29, 0.717) is 35.2 Å². The SMILES string of the molecule is C=C(C1CC1)N1CCN(C(=O)C2CCC(Cn3c(=O)[nH]c4ccc(OC)cc4c3=O)CC2)C[C@H]1C. The number of nitrogens with zero attached hydrogens (tertiary/aromatic N) is 3. The van der Waals surface area contributed by atoms with Crippen molar-refractivity contribution >= 4 is 16.8 Å². The van der Waals surface area contributed by atoms with Crippen LogP contribution in [0.1, 0.15) is 45.4 Å². The maximum atomic E-state index is 13.3. The van der Waals surface area contributed by atoms with Gasteiger partial charge >= 0.3 is 5.69 Å². The molecule has 1 N–H and O–H groups in total. The Hall–Kier alpha value is -3.03. The highest BCUT2D eigenvalue weighted by atomic mass is 16.5. The fourth-order valence-corrected chi connectivity index (χ4v) is 5.87. The van der Waals surface area contributed by atoms with Crippen molar-refractivity contribution in [1.82, 2.24) is 19.4 Å². The Morgan fingerprint density at radius 3 is 2.46 bits per heavy atom. The molecule has 0 bridgehead atoms. The summed E-state index contributed by atoms with van der Waals surface area (Å²) in [7, 11) is 1.55. The van der Waals surface area contributed by atoms with E-state index in [9.17, 15) is 14.4 Å². The van der Waals surface area contributed by atoms with Crippen LogP contribution in [0.4, 0.5) is 0 Å². The Morgan fingerprint density at radius 2 is 1.80 bits per heavy atom. The molecule has 2 aliphatic carbocycles. The number of carbonyl (C=O) groups excluding carboxylic acids is 1. The molecule has 35 heavy (non-hydrogen) atoms. The van der Waals surface area contributed by atoms with Gasteiger partial charge in [0.25, 0.3) is 5.56 Å². The van der Waals surface area contributed by atoms with Crippen LogP contribution in [-0.4, -0.2) is 58.0 Å². The number of piperazine rings is 1. The number of fused-ring (bicyclic) bond motifs is 1. The lowest BCUT2D eigenvalue weighted by Gasteiger charge is -2.43. The minimum absolute atomic E-state index is 0.0347.